The van der Waals surface area contributed by atoms with Crippen LogP contribution in [0.2, 0.25) is 0 Å². The van der Waals surface area contributed by atoms with Gasteiger partial charge in [-0.15, -0.1) is 0 Å². The van der Waals surface area contributed by atoms with Crippen LogP contribution >= 0.6 is 15.9 Å². The molecule has 25 heavy (non-hydrogen) atoms. The van der Waals surface area contributed by atoms with Gasteiger partial charge in [0.25, 0.3) is 10.1 Å². The van der Waals surface area contributed by atoms with Crippen LogP contribution in [0, 0.1) is 6.92 Å². The molecule has 0 aliphatic rings. The Balaban J connectivity index is 0.000000257. The molecule has 0 aliphatic carbocycles. The minimum Gasteiger partial charge on any atom is -0.497 e. The zero-order valence-electron chi connectivity index (χ0n) is 13.6. The lowest BCUT2D eigenvalue weighted by Crippen LogP contribution is -2.12. The van der Waals surface area contributed by atoms with E-state index in [-0.39, 0.29) is 5.91 Å². The van der Waals surface area contributed by atoms with E-state index in [2.05, 4.69) is 15.9 Å². The number of halogens is 1. The predicted molar refractivity (Wildman–Crippen MR) is 101 cm³/mol. The molecule has 8 heteroatoms. The van der Waals surface area contributed by atoms with Crippen LogP contribution in [0.3, 0.4) is 0 Å². The summed E-state index contributed by atoms with van der Waals surface area (Å²) in [6, 6.07) is 12.2. The predicted octanol–water partition coefficient (Wildman–Crippen LogP) is 3.41. The molecular formula is C17H18BrNO5S. The summed E-state index contributed by atoms with van der Waals surface area (Å²) in [5.41, 5.74) is 7.22. The minimum atomic E-state index is -4.06. The third-order valence-electron chi connectivity index (χ3n) is 2.98. The minimum absolute atomic E-state index is 0.380. The number of aryl methyl sites for hydroxylation is 1. The average Bonchev–Trinajstić information content (AvgIpc) is 2.52. The summed E-state index contributed by atoms with van der Waals surface area (Å²) in [4.78, 5) is 10.7. The summed E-state index contributed by atoms with van der Waals surface area (Å²) in [6.45, 7) is 1.85. The molecule has 1 amide bonds. The van der Waals surface area contributed by atoms with Crippen molar-refractivity contribution in [2.24, 2.45) is 5.73 Å². The molecule has 134 valence electrons. The number of primary amides is 1. The van der Waals surface area contributed by atoms with E-state index >= 15 is 0 Å². The van der Waals surface area contributed by atoms with Gasteiger partial charge in [-0.3, -0.25) is 9.35 Å². The molecule has 6 nitrogen and oxygen atoms in total. The molecule has 0 bridgehead atoms. The van der Waals surface area contributed by atoms with Crippen LogP contribution < -0.4 is 10.5 Å². The van der Waals surface area contributed by atoms with Crippen molar-refractivity contribution in [1.82, 2.24) is 0 Å². The Morgan fingerprint density at radius 3 is 2.44 bits per heavy atom. The molecule has 0 fully saturated rings. The van der Waals surface area contributed by atoms with Crippen molar-refractivity contribution in [2.45, 2.75) is 6.92 Å². The van der Waals surface area contributed by atoms with E-state index in [1.165, 1.54) is 13.2 Å². The molecule has 2 aromatic carbocycles. The first-order chi connectivity index (χ1) is 11.6. The smallest absolute Gasteiger partial charge is 0.287 e. The summed E-state index contributed by atoms with van der Waals surface area (Å²) >= 11 is 3.29. The van der Waals surface area contributed by atoms with Gasteiger partial charge in [0.1, 0.15) is 5.75 Å². The Bertz CT molecular complexity index is 878. The maximum absolute atomic E-state index is 10.7. The van der Waals surface area contributed by atoms with Crippen molar-refractivity contribution in [1.29, 1.82) is 0 Å². The highest BCUT2D eigenvalue weighted by Crippen LogP contribution is 2.15. The van der Waals surface area contributed by atoms with Crippen molar-refractivity contribution in [3.05, 3.63) is 69.0 Å². The second kappa shape index (κ2) is 9.36. The SMILES string of the molecule is COc1cccc(C=CS(=O)(=O)O)c1.Cc1cc(Br)ccc1C(N)=O. The number of benzene rings is 2. The second-order valence-corrected chi connectivity index (χ2v) is 7.14. The third kappa shape index (κ3) is 7.97. The first kappa shape index (κ1) is 20.9. The van der Waals surface area contributed by atoms with Crippen molar-refractivity contribution >= 4 is 38.0 Å². The molecule has 0 spiro atoms. The Kier molecular flexibility index (Phi) is 7.82. The number of carbonyl (C=O) groups excluding carboxylic acids is 1. The Morgan fingerprint density at radius 1 is 1.24 bits per heavy atom. The van der Waals surface area contributed by atoms with Crippen molar-refractivity contribution < 1.29 is 22.5 Å². The first-order valence-corrected chi connectivity index (χ1v) is 9.27. The summed E-state index contributed by atoms with van der Waals surface area (Å²) in [7, 11) is -2.54. The molecule has 0 radical (unpaired) electrons. The zero-order valence-corrected chi connectivity index (χ0v) is 16.0. The van der Waals surface area contributed by atoms with Crippen LogP contribution in [0.15, 0.2) is 52.3 Å². The van der Waals surface area contributed by atoms with Gasteiger partial charge in [0.05, 0.1) is 12.5 Å². The number of nitrogens with two attached hydrogens (primary N) is 1. The molecule has 0 saturated heterocycles. The highest BCUT2D eigenvalue weighted by molar-refractivity contribution is 9.10. The Morgan fingerprint density at radius 2 is 1.92 bits per heavy atom. The van der Waals surface area contributed by atoms with Crippen molar-refractivity contribution in [2.75, 3.05) is 7.11 Å². The fraction of sp³-hybridized carbons (Fsp3) is 0.118. The first-order valence-electron chi connectivity index (χ1n) is 6.98. The van der Waals surface area contributed by atoms with Gasteiger partial charge in [-0.1, -0.05) is 28.1 Å². The summed E-state index contributed by atoms with van der Waals surface area (Å²) < 4.78 is 35.2. The standard InChI is InChI=1S/C9H10O4S.C8H8BrNO/c1-13-9-4-2-3-8(7-9)5-6-14(10,11)12;1-5-4-6(9)2-3-7(5)8(10)11/h2-7H,1H3,(H,10,11,12);2-4H,1H3,(H2,10,11). The summed E-state index contributed by atoms with van der Waals surface area (Å²) in [5.74, 6) is 0.248. The van der Waals surface area contributed by atoms with Gasteiger partial charge in [-0.25, -0.2) is 0 Å². The highest BCUT2D eigenvalue weighted by atomic mass is 79.9. The molecule has 0 aromatic heterocycles. The largest absolute Gasteiger partial charge is 0.497 e. The monoisotopic (exact) mass is 427 g/mol. The fourth-order valence-electron chi connectivity index (χ4n) is 1.81. The van der Waals surface area contributed by atoms with Crippen LogP contribution in [0.5, 0.6) is 5.75 Å². The quantitative estimate of drug-likeness (QED) is 0.726. The number of methoxy groups -OCH3 is 1. The van der Waals surface area contributed by atoms with Crippen LogP contribution in [-0.2, 0) is 10.1 Å². The molecule has 0 heterocycles. The number of hydrogen-bond donors (Lipinski definition) is 2. The van der Waals surface area contributed by atoms with E-state index < -0.39 is 10.1 Å². The maximum Gasteiger partial charge on any atom is 0.287 e. The highest BCUT2D eigenvalue weighted by Gasteiger charge is 2.03. The van der Waals surface area contributed by atoms with Gasteiger partial charge < -0.3 is 10.5 Å². The topological polar surface area (TPSA) is 107 Å². The number of ether oxygens (including phenoxy) is 1. The van der Waals surface area contributed by atoms with Crippen LogP contribution in [0.1, 0.15) is 21.5 Å². The van der Waals surface area contributed by atoms with Crippen LogP contribution in [0.4, 0.5) is 0 Å². The summed E-state index contributed by atoms with van der Waals surface area (Å²) in [6.07, 6.45) is 1.29. The van der Waals surface area contributed by atoms with Crippen molar-refractivity contribution in [3.8, 4) is 5.75 Å². The van der Waals surface area contributed by atoms with Gasteiger partial charge in [0, 0.05) is 10.0 Å². The van der Waals surface area contributed by atoms with Gasteiger partial charge in [0.15, 0.2) is 0 Å². The lowest BCUT2D eigenvalue weighted by molar-refractivity contribution is 0.0999. The number of amides is 1. The van der Waals surface area contributed by atoms with Crippen molar-refractivity contribution in [3.63, 3.8) is 0 Å². The van der Waals surface area contributed by atoms with E-state index in [1.807, 2.05) is 13.0 Å². The van der Waals surface area contributed by atoms with E-state index in [4.69, 9.17) is 15.0 Å². The van der Waals surface area contributed by atoms with Gasteiger partial charge in [0.2, 0.25) is 5.91 Å². The molecule has 0 aliphatic heterocycles. The van der Waals surface area contributed by atoms with Gasteiger partial charge in [-0.2, -0.15) is 8.42 Å². The number of rotatable bonds is 4. The second-order valence-electron chi connectivity index (χ2n) is 4.92. The fourth-order valence-corrected chi connectivity index (χ4v) is 2.62. The number of hydrogen-bond acceptors (Lipinski definition) is 4. The molecule has 2 rings (SSSR count). The van der Waals surface area contributed by atoms with Gasteiger partial charge in [-0.05, 0) is 54.5 Å². The Hall–Kier alpha value is -2.16. The third-order valence-corrected chi connectivity index (χ3v) is 3.95. The lowest BCUT2D eigenvalue weighted by atomic mass is 10.1. The summed E-state index contributed by atoms with van der Waals surface area (Å²) in [5, 5.41) is 0.724. The van der Waals surface area contributed by atoms with E-state index in [1.54, 1.807) is 36.4 Å². The van der Waals surface area contributed by atoms with Crippen LogP contribution in [0.25, 0.3) is 6.08 Å². The van der Waals surface area contributed by atoms with E-state index in [0.717, 1.165) is 15.4 Å². The van der Waals surface area contributed by atoms with Gasteiger partial charge >= 0.3 is 0 Å². The molecule has 0 unspecified atom stereocenters. The molecule has 0 atom stereocenters. The molecule has 0 saturated carbocycles. The average molecular weight is 428 g/mol. The molecule has 2 aromatic rings. The van der Waals surface area contributed by atoms with E-state index in [0.29, 0.717) is 16.9 Å². The number of carbonyl (C=O) groups is 1. The normalized spacial score (nSPS) is 10.9. The molecular weight excluding hydrogens is 410 g/mol. The Labute approximate surface area is 155 Å². The van der Waals surface area contributed by atoms with E-state index in [9.17, 15) is 13.2 Å². The lowest BCUT2D eigenvalue weighted by Gasteiger charge is -2.00. The zero-order chi connectivity index (χ0) is 19.0. The van der Waals surface area contributed by atoms with Crippen LogP contribution in [-0.4, -0.2) is 26.0 Å². The maximum atomic E-state index is 10.7. The molecule has 3 N–H and O–H groups in total.